The molecule has 0 atom stereocenters. The van der Waals surface area contributed by atoms with Crippen LogP contribution in [0.15, 0.2) is 72.8 Å². The van der Waals surface area contributed by atoms with E-state index in [9.17, 15) is 14.7 Å². The van der Waals surface area contributed by atoms with Crippen molar-refractivity contribution in [1.29, 1.82) is 0 Å². The van der Waals surface area contributed by atoms with Crippen molar-refractivity contribution in [3.8, 4) is 5.75 Å². The minimum absolute atomic E-state index is 0.0793. The van der Waals surface area contributed by atoms with Crippen LogP contribution < -0.4 is 9.64 Å². The maximum absolute atomic E-state index is 13.3. The predicted octanol–water partition coefficient (Wildman–Crippen LogP) is 5.10. The molecule has 1 aliphatic rings. The summed E-state index contributed by atoms with van der Waals surface area (Å²) in [6, 6.07) is 23.1. The van der Waals surface area contributed by atoms with Crippen LogP contribution in [0.5, 0.6) is 5.75 Å². The lowest BCUT2D eigenvalue weighted by atomic mass is 10.0. The van der Waals surface area contributed by atoms with Crippen molar-refractivity contribution in [2.24, 2.45) is 0 Å². The molecule has 1 N–H and O–H groups in total. The first-order chi connectivity index (χ1) is 17.0. The summed E-state index contributed by atoms with van der Waals surface area (Å²) in [6.07, 6.45) is 2.20. The Hall–Kier alpha value is -4.06. The van der Waals surface area contributed by atoms with Crippen LogP contribution >= 0.6 is 0 Å². The Kier molecular flexibility index (Phi) is 6.27. The Morgan fingerprint density at radius 1 is 1.00 bits per heavy atom. The second-order valence-electron chi connectivity index (χ2n) is 8.94. The molecule has 5 rings (SSSR count). The highest BCUT2D eigenvalue weighted by Crippen LogP contribution is 2.27. The average molecular weight is 469 g/mol. The van der Waals surface area contributed by atoms with Crippen molar-refractivity contribution in [3.63, 3.8) is 0 Å². The SMILES string of the molecule is Cc1cc2c(CC(=O)O)cccc2n1C(=O)c1ccc(OCCN2CCCc3ccccc32)cc1. The summed E-state index contributed by atoms with van der Waals surface area (Å²) in [7, 11) is 0. The summed E-state index contributed by atoms with van der Waals surface area (Å²) in [6.45, 7) is 4.27. The van der Waals surface area contributed by atoms with Crippen LogP contribution in [0.4, 0.5) is 5.69 Å². The largest absolute Gasteiger partial charge is 0.492 e. The third-order valence-corrected chi connectivity index (χ3v) is 6.60. The first kappa shape index (κ1) is 22.7. The predicted molar refractivity (Wildman–Crippen MR) is 137 cm³/mol. The molecule has 0 bridgehead atoms. The van der Waals surface area contributed by atoms with E-state index < -0.39 is 5.97 Å². The molecule has 1 aromatic heterocycles. The number of aryl methyl sites for hydroxylation is 2. The van der Waals surface area contributed by atoms with Gasteiger partial charge in [-0.2, -0.15) is 0 Å². The second kappa shape index (κ2) is 9.66. The van der Waals surface area contributed by atoms with Crippen LogP contribution in [-0.4, -0.2) is 41.2 Å². The number of ether oxygens (including phenoxy) is 1. The molecule has 0 radical (unpaired) electrons. The van der Waals surface area contributed by atoms with Gasteiger partial charge in [-0.25, -0.2) is 0 Å². The number of hydrogen-bond acceptors (Lipinski definition) is 4. The molecule has 1 aliphatic heterocycles. The minimum Gasteiger partial charge on any atom is -0.492 e. The van der Waals surface area contributed by atoms with Gasteiger partial charge in [-0.3, -0.25) is 14.2 Å². The quantitative estimate of drug-likeness (QED) is 0.409. The summed E-state index contributed by atoms with van der Waals surface area (Å²) in [5.41, 5.74) is 5.42. The number of aliphatic carboxylic acids is 1. The van der Waals surface area contributed by atoms with Crippen LogP contribution in [0.3, 0.4) is 0 Å². The number of carboxylic acids is 1. The highest BCUT2D eigenvalue weighted by Gasteiger charge is 2.18. The molecular weight excluding hydrogens is 440 g/mol. The maximum Gasteiger partial charge on any atom is 0.307 e. The van der Waals surface area contributed by atoms with E-state index in [2.05, 4.69) is 29.2 Å². The molecule has 2 heterocycles. The van der Waals surface area contributed by atoms with Gasteiger partial charge in [-0.05, 0) is 73.4 Å². The molecule has 0 spiro atoms. The molecule has 0 amide bonds. The molecule has 35 heavy (non-hydrogen) atoms. The molecule has 0 saturated carbocycles. The Morgan fingerprint density at radius 2 is 1.80 bits per heavy atom. The monoisotopic (exact) mass is 468 g/mol. The zero-order valence-corrected chi connectivity index (χ0v) is 19.7. The Labute approximate surface area is 204 Å². The molecule has 6 heteroatoms. The molecule has 178 valence electrons. The van der Waals surface area contributed by atoms with Gasteiger partial charge >= 0.3 is 5.97 Å². The Morgan fingerprint density at radius 3 is 2.60 bits per heavy atom. The topological polar surface area (TPSA) is 71.8 Å². The van der Waals surface area contributed by atoms with Gasteiger partial charge in [0.05, 0.1) is 18.5 Å². The molecule has 6 nitrogen and oxygen atoms in total. The molecule has 0 fully saturated rings. The first-order valence-corrected chi connectivity index (χ1v) is 11.9. The van der Waals surface area contributed by atoms with Crippen LogP contribution in [0, 0.1) is 6.92 Å². The van der Waals surface area contributed by atoms with Crippen molar-refractivity contribution in [2.75, 3.05) is 24.6 Å². The van der Waals surface area contributed by atoms with Gasteiger partial charge < -0.3 is 14.7 Å². The lowest BCUT2D eigenvalue weighted by Crippen LogP contribution is -2.33. The van der Waals surface area contributed by atoms with Crippen LogP contribution in [0.1, 0.15) is 33.6 Å². The lowest BCUT2D eigenvalue weighted by molar-refractivity contribution is -0.136. The van der Waals surface area contributed by atoms with Gasteiger partial charge in [0.2, 0.25) is 0 Å². The number of fused-ring (bicyclic) bond motifs is 2. The molecule has 0 saturated heterocycles. The van der Waals surface area contributed by atoms with Crippen LogP contribution in [0.25, 0.3) is 10.9 Å². The summed E-state index contributed by atoms with van der Waals surface area (Å²) in [4.78, 5) is 26.9. The summed E-state index contributed by atoms with van der Waals surface area (Å²) in [5, 5.41) is 10.00. The summed E-state index contributed by atoms with van der Waals surface area (Å²) >= 11 is 0. The molecule has 0 unspecified atom stereocenters. The van der Waals surface area contributed by atoms with E-state index in [0.29, 0.717) is 23.3 Å². The van der Waals surface area contributed by atoms with E-state index in [1.54, 1.807) is 28.8 Å². The van der Waals surface area contributed by atoms with Crippen LogP contribution in [-0.2, 0) is 17.6 Å². The van der Waals surface area contributed by atoms with Crippen molar-refractivity contribution in [3.05, 3.63) is 95.2 Å². The van der Waals surface area contributed by atoms with Crippen LogP contribution in [0.2, 0.25) is 0 Å². The second-order valence-corrected chi connectivity index (χ2v) is 8.94. The molecule has 4 aromatic rings. The fraction of sp³-hybridized carbons (Fsp3) is 0.241. The minimum atomic E-state index is -0.894. The number of aromatic nitrogens is 1. The lowest BCUT2D eigenvalue weighted by Gasteiger charge is -2.31. The third-order valence-electron chi connectivity index (χ3n) is 6.60. The van der Waals surface area contributed by atoms with Crippen molar-refractivity contribution in [2.45, 2.75) is 26.2 Å². The average Bonchev–Trinajstić information content (AvgIpc) is 3.20. The number of benzene rings is 3. The summed E-state index contributed by atoms with van der Waals surface area (Å²) in [5.74, 6) is -0.319. The number of rotatable bonds is 7. The van der Waals surface area contributed by atoms with Gasteiger partial charge in [0.25, 0.3) is 5.91 Å². The highest BCUT2D eigenvalue weighted by atomic mass is 16.5. The standard InChI is InChI=1S/C29H28N2O4/c1-20-18-25-23(19-28(32)33)7-4-10-27(25)31(20)29(34)22-11-13-24(14-12-22)35-17-16-30-15-5-8-21-6-2-3-9-26(21)30/h2-4,6-7,9-14,18H,5,8,15-17,19H2,1H3,(H,32,33). The van der Waals surface area contributed by atoms with Gasteiger partial charge in [0, 0.05) is 28.9 Å². The van der Waals surface area contributed by atoms with Crippen molar-refractivity contribution in [1.82, 2.24) is 4.57 Å². The van der Waals surface area contributed by atoms with E-state index in [1.807, 2.05) is 31.2 Å². The number of hydrogen-bond donors (Lipinski definition) is 1. The van der Waals surface area contributed by atoms with E-state index in [-0.39, 0.29) is 12.3 Å². The zero-order valence-electron chi connectivity index (χ0n) is 19.7. The van der Waals surface area contributed by atoms with Crippen molar-refractivity contribution >= 4 is 28.5 Å². The van der Waals surface area contributed by atoms with E-state index >= 15 is 0 Å². The number of carbonyl (C=O) groups excluding carboxylic acids is 1. The van der Waals surface area contributed by atoms with E-state index in [1.165, 1.54) is 11.3 Å². The number of anilines is 1. The van der Waals surface area contributed by atoms with E-state index in [4.69, 9.17) is 4.74 Å². The Bertz CT molecular complexity index is 1390. The molecule has 3 aromatic carbocycles. The smallest absolute Gasteiger partial charge is 0.307 e. The number of carbonyl (C=O) groups is 2. The van der Waals surface area contributed by atoms with Gasteiger partial charge in [0.1, 0.15) is 12.4 Å². The van der Waals surface area contributed by atoms with Gasteiger partial charge in [0.15, 0.2) is 0 Å². The van der Waals surface area contributed by atoms with Gasteiger partial charge in [-0.15, -0.1) is 0 Å². The molecule has 0 aliphatic carbocycles. The number of para-hydroxylation sites is 1. The normalized spacial score (nSPS) is 13.0. The first-order valence-electron chi connectivity index (χ1n) is 11.9. The maximum atomic E-state index is 13.3. The zero-order chi connectivity index (χ0) is 24.4. The third kappa shape index (κ3) is 4.64. The number of carboxylic acid groups (broad SMARTS) is 1. The van der Waals surface area contributed by atoms with Crippen molar-refractivity contribution < 1.29 is 19.4 Å². The van der Waals surface area contributed by atoms with Gasteiger partial charge in [-0.1, -0.05) is 30.3 Å². The number of nitrogens with zero attached hydrogens (tertiary/aromatic N) is 2. The fourth-order valence-electron chi connectivity index (χ4n) is 4.95. The Balaban J connectivity index is 1.27. The fourth-order valence-corrected chi connectivity index (χ4v) is 4.95. The molecular formula is C29H28N2O4. The van der Waals surface area contributed by atoms with E-state index in [0.717, 1.165) is 42.8 Å². The summed E-state index contributed by atoms with van der Waals surface area (Å²) < 4.78 is 7.62. The highest BCUT2D eigenvalue weighted by molar-refractivity contribution is 6.04.